The fourth-order valence-electron chi connectivity index (χ4n) is 1.81. The molecule has 8 heteroatoms. The molecule has 2 N–H and O–H groups in total. The summed E-state index contributed by atoms with van der Waals surface area (Å²) in [4.78, 5) is 0.697. The third-order valence-corrected chi connectivity index (χ3v) is 5.91. The van der Waals surface area contributed by atoms with Crippen molar-refractivity contribution in [2.24, 2.45) is 0 Å². The molecule has 1 atom stereocenters. The van der Waals surface area contributed by atoms with Crippen LogP contribution in [0, 0.1) is 0 Å². The van der Waals surface area contributed by atoms with Crippen LogP contribution in [-0.2, 0) is 15.6 Å². The second kappa shape index (κ2) is 6.55. The minimum absolute atomic E-state index is 0.0141. The summed E-state index contributed by atoms with van der Waals surface area (Å²) in [5.41, 5.74) is -1.28. The first-order valence-electron chi connectivity index (χ1n) is 6.36. The van der Waals surface area contributed by atoms with E-state index in [-0.39, 0.29) is 16.5 Å². The molecule has 1 heterocycles. The average Bonchev–Trinajstić information content (AvgIpc) is 3.00. The Kier molecular flexibility index (Phi) is 5.14. The van der Waals surface area contributed by atoms with E-state index < -0.39 is 15.6 Å². The molecule has 1 unspecified atom stereocenters. The van der Waals surface area contributed by atoms with E-state index in [9.17, 15) is 13.5 Å². The predicted octanol–water partition coefficient (Wildman–Crippen LogP) is 2.60. The van der Waals surface area contributed by atoms with Gasteiger partial charge in [0.05, 0.1) is 17.0 Å². The van der Waals surface area contributed by atoms with Gasteiger partial charge in [0.2, 0.25) is 10.0 Å². The van der Waals surface area contributed by atoms with Gasteiger partial charge in [0.25, 0.3) is 0 Å². The number of hydrogen-bond acceptors (Lipinski definition) is 5. The van der Waals surface area contributed by atoms with Crippen molar-refractivity contribution in [3.63, 3.8) is 0 Å². The monoisotopic (exact) mass is 361 g/mol. The largest absolute Gasteiger partial charge is 0.495 e. The van der Waals surface area contributed by atoms with Crippen molar-refractivity contribution in [1.29, 1.82) is 0 Å². The predicted molar refractivity (Wildman–Crippen MR) is 87.1 cm³/mol. The van der Waals surface area contributed by atoms with Gasteiger partial charge in [-0.05, 0) is 36.6 Å². The van der Waals surface area contributed by atoms with Gasteiger partial charge in [-0.1, -0.05) is 17.7 Å². The lowest BCUT2D eigenvalue weighted by Crippen LogP contribution is -2.38. The fourth-order valence-corrected chi connectivity index (χ4v) is 4.07. The molecule has 0 spiro atoms. The van der Waals surface area contributed by atoms with Gasteiger partial charge in [0, 0.05) is 11.4 Å². The van der Waals surface area contributed by atoms with E-state index in [1.165, 1.54) is 36.6 Å². The molecule has 0 bridgehead atoms. The summed E-state index contributed by atoms with van der Waals surface area (Å²) in [5.74, 6) is 0.395. The number of hydrogen-bond donors (Lipinski definition) is 2. The molecule has 0 saturated heterocycles. The second-order valence-corrected chi connectivity index (χ2v) is 7.99. The van der Waals surface area contributed by atoms with E-state index in [2.05, 4.69) is 4.72 Å². The highest BCUT2D eigenvalue weighted by molar-refractivity contribution is 7.89. The van der Waals surface area contributed by atoms with E-state index in [4.69, 9.17) is 16.3 Å². The van der Waals surface area contributed by atoms with Crippen LogP contribution < -0.4 is 9.46 Å². The van der Waals surface area contributed by atoms with Crippen molar-refractivity contribution >= 4 is 33.0 Å². The van der Waals surface area contributed by atoms with E-state index in [1.807, 2.05) is 5.38 Å². The van der Waals surface area contributed by atoms with Gasteiger partial charge in [-0.25, -0.2) is 13.1 Å². The topological polar surface area (TPSA) is 75.6 Å². The lowest BCUT2D eigenvalue weighted by Gasteiger charge is -2.22. The highest BCUT2D eigenvalue weighted by Crippen LogP contribution is 2.28. The Labute approximate surface area is 138 Å². The zero-order valence-corrected chi connectivity index (χ0v) is 14.4. The first-order valence-corrected chi connectivity index (χ1v) is 9.10. The van der Waals surface area contributed by atoms with Crippen LogP contribution in [0.25, 0.3) is 0 Å². The summed E-state index contributed by atoms with van der Waals surface area (Å²) in [7, 11) is -2.33. The molecule has 2 rings (SSSR count). The van der Waals surface area contributed by atoms with E-state index in [0.29, 0.717) is 10.6 Å². The smallest absolute Gasteiger partial charge is 0.240 e. The number of ether oxygens (including phenoxy) is 1. The number of rotatable bonds is 6. The zero-order valence-electron chi connectivity index (χ0n) is 12.0. The first-order chi connectivity index (χ1) is 10.3. The highest BCUT2D eigenvalue weighted by atomic mass is 35.5. The van der Waals surface area contributed by atoms with Gasteiger partial charge in [0.15, 0.2) is 0 Å². The molecule has 5 nitrogen and oxygen atoms in total. The summed E-state index contributed by atoms with van der Waals surface area (Å²) in [6.07, 6.45) is 0. The Bertz CT molecular complexity index is 742. The van der Waals surface area contributed by atoms with Gasteiger partial charge in [-0.3, -0.25) is 0 Å². The number of methoxy groups -OCH3 is 1. The number of nitrogens with one attached hydrogen (secondary N) is 1. The molecule has 0 aliphatic carbocycles. The van der Waals surface area contributed by atoms with Crippen LogP contribution in [0.15, 0.2) is 40.6 Å². The fraction of sp³-hybridized carbons (Fsp3) is 0.286. The standard InChI is InChI=1S/C14H16ClNO4S2/c1-14(17,13-4-3-7-21-13)9-16-22(18,19)10-5-6-12(20-2)11(15)8-10/h3-8,16-17H,9H2,1-2H3. The third kappa shape index (κ3) is 3.80. The van der Waals surface area contributed by atoms with Crippen molar-refractivity contribution in [2.45, 2.75) is 17.4 Å². The van der Waals surface area contributed by atoms with Crippen molar-refractivity contribution < 1.29 is 18.3 Å². The molecular formula is C14H16ClNO4S2. The molecule has 0 radical (unpaired) electrons. The van der Waals surface area contributed by atoms with Crippen molar-refractivity contribution in [2.75, 3.05) is 13.7 Å². The number of halogens is 1. The maximum Gasteiger partial charge on any atom is 0.240 e. The molecule has 0 amide bonds. The Hall–Kier alpha value is -1.12. The van der Waals surface area contributed by atoms with Crippen LogP contribution >= 0.6 is 22.9 Å². The first kappa shape index (κ1) is 17.2. The van der Waals surface area contributed by atoms with Gasteiger partial charge < -0.3 is 9.84 Å². The molecule has 22 heavy (non-hydrogen) atoms. The molecule has 0 aliphatic rings. The van der Waals surface area contributed by atoms with Crippen LogP contribution in [0.4, 0.5) is 0 Å². The average molecular weight is 362 g/mol. The molecule has 0 aliphatic heterocycles. The van der Waals surface area contributed by atoms with Crippen molar-refractivity contribution in [3.05, 3.63) is 45.6 Å². The normalized spacial score (nSPS) is 14.5. The maximum absolute atomic E-state index is 12.3. The number of benzene rings is 1. The zero-order chi connectivity index (χ0) is 16.4. The maximum atomic E-state index is 12.3. The Balaban J connectivity index is 2.16. The van der Waals surface area contributed by atoms with E-state index in [1.54, 1.807) is 19.1 Å². The molecule has 120 valence electrons. The van der Waals surface area contributed by atoms with Crippen molar-refractivity contribution in [1.82, 2.24) is 4.72 Å². The van der Waals surface area contributed by atoms with Gasteiger partial charge in [-0.2, -0.15) is 0 Å². The highest BCUT2D eigenvalue weighted by Gasteiger charge is 2.27. The van der Waals surface area contributed by atoms with Crippen LogP contribution in [-0.4, -0.2) is 27.2 Å². The summed E-state index contributed by atoms with van der Waals surface area (Å²) in [6.45, 7) is 1.42. The summed E-state index contributed by atoms with van der Waals surface area (Å²) in [5, 5.41) is 12.4. The molecule has 2 aromatic rings. The Morgan fingerprint density at radius 1 is 1.41 bits per heavy atom. The summed E-state index contributed by atoms with van der Waals surface area (Å²) < 4.78 is 32.0. The van der Waals surface area contributed by atoms with Gasteiger partial charge in [0.1, 0.15) is 11.4 Å². The number of sulfonamides is 1. The van der Waals surface area contributed by atoms with Crippen LogP contribution in [0.5, 0.6) is 5.75 Å². The summed E-state index contributed by atoms with van der Waals surface area (Å²) in [6, 6.07) is 7.74. The molecule has 1 aromatic carbocycles. The third-order valence-electron chi connectivity index (χ3n) is 3.09. The lowest BCUT2D eigenvalue weighted by molar-refractivity contribution is 0.0666. The molecule has 0 fully saturated rings. The van der Waals surface area contributed by atoms with Crippen LogP contribution in [0.2, 0.25) is 5.02 Å². The Morgan fingerprint density at radius 2 is 2.14 bits per heavy atom. The number of aliphatic hydroxyl groups is 1. The SMILES string of the molecule is COc1ccc(S(=O)(=O)NCC(C)(O)c2cccs2)cc1Cl. The number of thiophene rings is 1. The van der Waals surface area contributed by atoms with E-state index >= 15 is 0 Å². The van der Waals surface area contributed by atoms with Gasteiger partial charge in [-0.15, -0.1) is 11.3 Å². The van der Waals surface area contributed by atoms with Crippen LogP contribution in [0.3, 0.4) is 0 Å². The molecular weight excluding hydrogens is 346 g/mol. The van der Waals surface area contributed by atoms with Crippen molar-refractivity contribution in [3.8, 4) is 5.75 Å². The molecule has 1 aromatic heterocycles. The minimum Gasteiger partial charge on any atom is -0.495 e. The quantitative estimate of drug-likeness (QED) is 0.829. The van der Waals surface area contributed by atoms with E-state index in [0.717, 1.165) is 0 Å². The second-order valence-electron chi connectivity index (χ2n) is 4.87. The summed E-state index contributed by atoms with van der Waals surface area (Å²) >= 11 is 7.30. The lowest BCUT2D eigenvalue weighted by atomic mass is 10.1. The molecule has 0 saturated carbocycles. The van der Waals surface area contributed by atoms with Gasteiger partial charge >= 0.3 is 0 Å². The Morgan fingerprint density at radius 3 is 2.68 bits per heavy atom. The van der Waals surface area contributed by atoms with Crippen LogP contribution in [0.1, 0.15) is 11.8 Å². The minimum atomic E-state index is -3.78.